The van der Waals surface area contributed by atoms with Crippen LogP contribution in [0.2, 0.25) is 0 Å². The molecule has 2 unspecified atom stereocenters. The third-order valence-corrected chi connectivity index (χ3v) is 3.86. The first-order chi connectivity index (χ1) is 4.90. The summed E-state index contributed by atoms with van der Waals surface area (Å²) >= 11 is 3.63. The molecular weight excluding hydrogens is 200 g/mol. The molecule has 0 aromatic rings. The summed E-state index contributed by atoms with van der Waals surface area (Å²) in [4.78, 5) is 0. The van der Waals surface area contributed by atoms with Gasteiger partial charge in [-0.1, -0.05) is 43.6 Å². The molecule has 1 aliphatic carbocycles. The molecule has 1 heteroatoms. The molecule has 0 aromatic carbocycles. The average molecular weight is 219 g/mol. The quantitative estimate of drug-likeness (QED) is 0.619. The van der Waals surface area contributed by atoms with Crippen LogP contribution < -0.4 is 0 Å². The molecule has 0 amide bonds. The molecule has 0 spiro atoms. The number of hydrogen-bond acceptors (Lipinski definition) is 0. The third kappa shape index (κ3) is 2.21. The van der Waals surface area contributed by atoms with E-state index in [4.69, 9.17) is 0 Å². The van der Waals surface area contributed by atoms with E-state index in [1.54, 1.807) is 0 Å². The fourth-order valence-electron chi connectivity index (χ4n) is 2.09. The minimum Gasteiger partial charge on any atom is -0.0922 e. The van der Waals surface area contributed by atoms with Gasteiger partial charge in [0.05, 0.1) is 0 Å². The summed E-state index contributed by atoms with van der Waals surface area (Å²) < 4.78 is 0. The molecule has 0 heterocycles. The van der Waals surface area contributed by atoms with E-state index in [0.29, 0.717) is 10.8 Å². The topological polar surface area (TPSA) is 0 Å². The fraction of sp³-hybridized carbons (Fsp3) is 1.00. The Bertz CT molecular complexity index is 141. The van der Waals surface area contributed by atoms with E-state index in [1.807, 2.05) is 0 Å². The van der Waals surface area contributed by atoms with Crippen LogP contribution in [0.1, 0.15) is 40.5 Å². The number of halogens is 1. The molecule has 0 radical (unpaired) electrons. The van der Waals surface area contributed by atoms with Crippen molar-refractivity contribution in [3.05, 3.63) is 0 Å². The van der Waals surface area contributed by atoms with Gasteiger partial charge in [-0.15, -0.1) is 0 Å². The zero-order valence-electron chi connectivity index (χ0n) is 8.08. The third-order valence-electron chi connectivity index (χ3n) is 2.75. The summed E-state index contributed by atoms with van der Waals surface area (Å²) in [7, 11) is 0. The van der Waals surface area contributed by atoms with Crippen LogP contribution in [-0.2, 0) is 0 Å². The van der Waals surface area contributed by atoms with Crippen LogP contribution in [0, 0.1) is 16.7 Å². The standard InChI is InChI=1S/C10H19Br/c1-8-5-10(8,7-11)6-9(2,3)4/h8H,5-7H2,1-4H3. The van der Waals surface area contributed by atoms with E-state index in [0.717, 1.165) is 5.92 Å². The highest BCUT2D eigenvalue weighted by atomic mass is 79.9. The smallest absolute Gasteiger partial charge is 0.00908 e. The average Bonchev–Trinajstić information content (AvgIpc) is 2.39. The predicted molar refractivity (Wildman–Crippen MR) is 54.1 cm³/mol. The molecule has 0 nitrogen and oxygen atoms in total. The van der Waals surface area contributed by atoms with Gasteiger partial charge in [-0.2, -0.15) is 0 Å². The second kappa shape index (κ2) is 2.76. The van der Waals surface area contributed by atoms with Gasteiger partial charge in [-0.05, 0) is 29.6 Å². The van der Waals surface area contributed by atoms with Crippen LogP contribution in [0.3, 0.4) is 0 Å². The number of rotatable bonds is 2. The Kier molecular flexibility index (Phi) is 2.40. The van der Waals surface area contributed by atoms with E-state index in [1.165, 1.54) is 18.2 Å². The van der Waals surface area contributed by atoms with Crippen molar-refractivity contribution in [3.63, 3.8) is 0 Å². The fourth-order valence-corrected chi connectivity index (χ4v) is 3.07. The molecule has 0 aliphatic heterocycles. The molecule has 1 rings (SSSR count). The van der Waals surface area contributed by atoms with Gasteiger partial charge in [0.25, 0.3) is 0 Å². The van der Waals surface area contributed by atoms with Crippen molar-refractivity contribution in [2.75, 3.05) is 5.33 Å². The predicted octanol–water partition coefficient (Wildman–Crippen LogP) is 3.84. The summed E-state index contributed by atoms with van der Waals surface area (Å²) in [6.07, 6.45) is 2.79. The molecule has 66 valence electrons. The van der Waals surface area contributed by atoms with Crippen molar-refractivity contribution < 1.29 is 0 Å². The molecule has 2 atom stereocenters. The molecule has 1 saturated carbocycles. The lowest BCUT2D eigenvalue weighted by Crippen LogP contribution is -2.16. The molecule has 0 aromatic heterocycles. The first-order valence-corrected chi connectivity index (χ1v) is 5.58. The maximum absolute atomic E-state index is 3.63. The van der Waals surface area contributed by atoms with Gasteiger partial charge < -0.3 is 0 Å². The van der Waals surface area contributed by atoms with Crippen molar-refractivity contribution in [1.29, 1.82) is 0 Å². The maximum atomic E-state index is 3.63. The monoisotopic (exact) mass is 218 g/mol. The molecular formula is C10H19Br. The summed E-state index contributed by atoms with van der Waals surface area (Å²) in [5, 5.41) is 1.19. The van der Waals surface area contributed by atoms with Crippen LogP contribution in [0.4, 0.5) is 0 Å². The second-order valence-electron chi connectivity index (χ2n) is 5.34. The molecule has 11 heavy (non-hydrogen) atoms. The van der Waals surface area contributed by atoms with Gasteiger partial charge in [0.2, 0.25) is 0 Å². The molecule has 1 fully saturated rings. The Morgan fingerprint density at radius 2 is 1.91 bits per heavy atom. The van der Waals surface area contributed by atoms with Crippen molar-refractivity contribution in [1.82, 2.24) is 0 Å². The van der Waals surface area contributed by atoms with Gasteiger partial charge >= 0.3 is 0 Å². The first-order valence-electron chi connectivity index (χ1n) is 4.46. The Morgan fingerprint density at radius 3 is 2.00 bits per heavy atom. The van der Waals surface area contributed by atoms with E-state index >= 15 is 0 Å². The van der Waals surface area contributed by atoms with Crippen LogP contribution in [0.15, 0.2) is 0 Å². The molecule has 0 saturated heterocycles. The van der Waals surface area contributed by atoms with E-state index in [2.05, 4.69) is 43.6 Å². The highest BCUT2D eigenvalue weighted by molar-refractivity contribution is 9.09. The normalized spacial score (nSPS) is 37.4. The van der Waals surface area contributed by atoms with Gasteiger partial charge in [-0.3, -0.25) is 0 Å². The second-order valence-corrected chi connectivity index (χ2v) is 5.90. The van der Waals surface area contributed by atoms with E-state index < -0.39 is 0 Å². The summed E-state index contributed by atoms with van der Waals surface area (Å²) in [6, 6.07) is 0. The van der Waals surface area contributed by atoms with Crippen LogP contribution in [0.25, 0.3) is 0 Å². The van der Waals surface area contributed by atoms with Crippen molar-refractivity contribution in [2.45, 2.75) is 40.5 Å². The van der Waals surface area contributed by atoms with Gasteiger partial charge in [0, 0.05) is 5.33 Å². The number of alkyl halides is 1. The Labute approximate surface area is 78.9 Å². The molecule has 1 aliphatic rings. The zero-order chi connectivity index (χ0) is 8.70. The maximum Gasteiger partial charge on any atom is 0.00908 e. The minimum absolute atomic E-state index is 0.499. The first kappa shape index (κ1) is 9.57. The van der Waals surface area contributed by atoms with Crippen LogP contribution in [0.5, 0.6) is 0 Å². The highest BCUT2D eigenvalue weighted by Gasteiger charge is 2.51. The Morgan fingerprint density at radius 1 is 1.45 bits per heavy atom. The minimum atomic E-state index is 0.499. The Hall–Kier alpha value is 0.480. The van der Waals surface area contributed by atoms with Gasteiger partial charge in [-0.25, -0.2) is 0 Å². The van der Waals surface area contributed by atoms with Crippen LogP contribution in [-0.4, -0.2) is 5.33 Å². The van der Waals surface area contributed by atoms with E-state index in [9.17, 15) is 0 Å². The highest BCUT2D eigenvalue weighted by Crippen LogP contribution is 2.59. The largest absolute Gasteiger partial charge is 0.0922 e. The van der Waals surface area contributed by atoms with Gasteiger partial charge in [0.1, 0.15) is 0 Å². The lowest BCUT2D eigenvalue weighted by Gasteiger charge is -2.25. The zero-order valence-corrected chi connectivity index (χ0v) is 9.66. The van der Waals surface area contributed by atoms with Crippen molar-refractivity contribution in [3.8, 4) is 0 Å². The number of hydrogen-bond donors (Lipinski definition) is 0. The lowest BCUT2D eigenvalue weighted by molar-refractivity contribution is 0.285. The lowest BCUT2D eigenvalue weighted by atomic mass is 9.82. The molecule has 0 bridgehead atoms. The Balaban J connectivity index is 2.48. The SMILES string of the molecule is CC1CC1(CBr)CC(C)(C)C. The summed E-state index contributed by atoms with van der Waals surface area (Å²) in [5.41, 5.74) is 1.15. The summed E-state index contributed by atoms with van der Waals surface area (Å²) in [5.74, 6) is 0.945. The van der Waals surface area contributed by atoms with Crippen molar-refractivity contribution in [2.24, 2.45) is 16.7 Å². The van der Waals surface area contributed by atoms with E-state index in [-0.39, 0.29) is 0 Å². The summed E-state index contributed by atoms with van der Waals surface area (Å²) in [6.45, 7) is 9.38. The molecule has 0 N–H and O–H groups in total. The van der Waals surface area contributed by atoms with Crippen LogP contribution >= 0.6 is 15.9 Å². The van der Waals surface area contributed by atoms with Gasteiger partial charge in [0.15, 0.2) is 0 Å². The van der Waals surface area contributed by atoms with Crippen molar-refractivity contribution >= 4 is 15.9 Å².